The number of aromatic nitrogens is 1. The molecular weight excluding hydrogens is 390 g/mol. The molecule has 30 heavy (non-hydrogen) atoms. The minimum atomic E-state index is -5.09. The molecule has 0 saturated carbocycles. The molecule has 0 fully saturated rings. The van der Waals surface area contributed by atoms with Crippen molar-refractivity contribution < 1.29 is 24.9 Å². The molecule has 3 aromatic rings. The van der Waals surface area contributed by atoms with Crippen molar-refractivity contribution in [2.75, 3.05) is 0 Å². The lowest BCUT2D eigenvalue weighted by Crippen LogP contribution is -2.32. The Balaban J connectivity index is 2.18. The number of aryl methyl sites for hydroxylation is 2. The van der Waals surface area contributed by atoms with Crippen LogP contribution in [0, 0.1) is 12.7 Å². The summed E-state index contributed by atoms with van der Waals surface area (Å²) < 4.78 is 72.1. The van der Waals surface area contributed by atoms with Gasteiger partial charge in [0.2, 0.25) is 11.5 Å². The van der Waals surface area contributed by atoms with Crippen LogP contribution >= 0.6 is 0 Å². The van der Waals surface area contributed by atoms with Crippen molar-refractivity contribution in [1.82, 2.24) is 0 Å². The van der Waals surface area contributed by atoms with Crippen LogP contribution in [0.1, 0.15) is 40.2 Å². The van der Waals surface area contributed by atoms with Crippen molar-refractivity contribution >= 4 is 0 Å². The first-order valence-electron chi connectivity index (χ1n) is 10.6. The van der Waals surface area contributed by atoms with Crippen molar-refractivity contribution in [2.24, 2.45) is 7.05 Å². The van der Waals surface area contributed by atoms with Crippen LogP contribution in [0.2, 0.25) is 0 Å². The van der Waals surface area contributed by atoms with Crippen LogP contribution < -0.4 is 4.57 Å². The molecule has 0 N–H and O–H groups in total. The highest BCUT2D eigenvalue weighted by Gasteiger charge is 2.29. The van der Waals surface area contributed by atoms with E-state index in [4.69, 9.17) is 2.74 Å². The van der Waals surface area contributed by atoms with Gasteiger partial charge in [-0.1, -0.05) is 57.2 Å². The van der Waals surface area contributed by atoms with Crippen molar-refractivity contribution in [3.8, 4) is 22.4 Å². The van der Waals surface area contributed by atoms with Crippen LogP contribution in [0.4, 0.5) is 17.6 Å². The third-order valence-corrected chi connectivity index (χ3v) is 5.10. The highest BCUT2D eigenvalue weighted by Crippen LogP contribution is 2.33. The highest BCUT2D eigenvalue weighted by atomic mass is 19.4. The van der Waals surface area contributed by atoms with Crippen LogP contribution in [-0.4, -0.2) is 6.18 Å². The fourth-order valence-electron chi connectivity index (χ4n) is 3.42. The van der Waals surface area contributed by atoms with Gasteiger partial charge in [-0.25, -0.2) is 0 Å². The maximum absolute atomic E-state index is 15.7. The molecule has 5 heteroatoms. The van der Waals surface area contributed by atoms with E-state index in [1.165, 1.54) is 10.6 Å². The van der Waals surface area contributed by atoms with E-state index in [-0.39, 0.29) is 16.7 Å². The fourth-order valence-corrected chi connectivity index (χ4v) is 3.42. The first-order chi connectivity index (χ1) is 14.6. The van der Waals surface area contributed by atoms with Gasteiger partial charge in [-0.05, 0) is 40.7 Å². The molecule has 0 saturated heterocycles. The lowest BCUT2D eigenvalue weighted by Gasteiger charge is -2.19. The van der Waals surface area contributed by atoms with Gasteiger partial charge in [0.05, 0.1) is 11.9 Å². The van der Waals surface area contributed by atoms with E-state index in [0.717, 1.165) is 17.7 Å². The lowest BCUT2D eigenvalue weighted by molar-refractivity contribution is -0.661. The van der Waals surface area contributed by atoms with Gasteiger partial charge in [0.1, 0.15) is 7.05 Å². The Kier molecular flexibility index (Phi) is 5.05. The average Bonchev–Trinajstić information content (AvgIpc) is 2.68. The molecule has 1 aromatic heterocycles. The Morgan fingerprint density at radius 3 is 2.13 bits per heavy atom. The summed E-state index contributed by atoms with van der Waals surface area (Å²) in [7, 11) is 1.61. The van der Waals surface area contributed by atoms with E-state index in [1.807, 2.05) is 24.3 Å². The van der Waals surface area contributed by atoms with Gasteiger partial charge < -0.3 is 0 Å². The molecule has 0 spiro atoms. The molecule has 0 amide bonds. The summed E-state index contributed by atoms with van der Waals surface area (Å²) in [4.78, 5) is 0. The van der Waals surface area contributed by atoms with Crippen molar-refractivity contribution in [2.45, 2.75) is 45.7 Å². The second-order valence-corrected chi connectivity index (χ2v) is 8.48. The number of benzene rings is 2. The fraction of sp³-hybridized carbons (Fsp3) is 0.320. The summed E-state index contributed by atoms with van der Waals surface area (Å²) in [6, 6.07) is 12.7. The van der Waals surface area contributed by atoms with Gasteiger partial charge in [-0.3, -0.25) is 0 Å². The quantitative estimate of drug-likeness (QED) is 0.329. The second-order valence-electron chi connectivity index (χ2n) is 8.48. The normalized spacial score (nSPS) is 13.8. The summed E-state index contributed by atoms with van der Waals surface area (Å²) >= 11 is 0. The summed E-state index contributed by atoms with van der Waals surface area (Å²) in [5.74, 6) is -0.577. The lowest BCUT2D eigenvalue weighted by atomic mass is 9.86. The molecule has 0 radical (unpaired) electrons. The molecule has 0 aliphatic rings. The first-order valence-corrected chi connectivity index (χ1v) is 9.62. The van der Waals surface area contributed by atoms with Gasteiger partial charge in [0.25, 0.3) is 0 Å². The molecule has 1 nitrogen and oxygen atoms in total. The van der Waals surface area contributed by atoms with Gasteiger partial charge in [0, 0.05) is 14.4 Å². The Hall–Kier alpha value is -2.69. The Labute approximate surface area is 177 Å². The molecule has 2 aromatic carbocycles. The maximum Gasteiger partial charge on any atom is 0.393 e. The van der Waals surface area contributed by atoms with E-state index >= 15 is 4.39 Å². The predicted molar refractivity (Wildman–Crippen MR) is 112 cm³/mol. The molecule has 0 aliphatic carbocycles. The average molecular weight is 418 g/mol. The summed E-state index contributed by atoms with van der Waals surface area (Å²) in [6.07, 6.45) is -6.99. The predicted octanol–water partition coefficient (Wildman–Crippen LogP) is 6.69. The molecule has 1 heterocycles. The van der Waals surface area contributed by atoms with E-state index in [1.54, 1.807) is 26.2 Å². The maximum atomic E-state index is 15.7. The number of hydrogen-bond donors (Lipinski definition) is 0. The SMILES string of the molecule is [2H]C([2H])(c1ccc(C)c(-c2c(F)c(-c3ccc(C(C)(C)C)cc3)cc[n+]2C)c1)C(F)(F)F. The van der Waals surface area contributed by atoms with Gasteiger partial charge in [-0.2, -0.15) is 22.1 Å². The van der Waals surface area contributed by atoms with Crippen LogP contribution in [0.3, 0.4) is 0 Å². The summed E-state index contributed by atoms with van der Waals surface area (Å²) in [5.41, 5.74) is 2.30. The number of pyridine rings is 1. The molecular formula is C25H26F4N+. The molecule has 0 aliphatic heterocycles. The number of halogens is 4. The minimum absolute atomic E-state index is 0.0551. The summed E-state index contributed by atoms with van der Waals surface area (Å²) in [5, 5.41) is 0. The van der Waals surface area contributed by atoms with E-state index in [9.17, 15) is 13.2 Å². The van der Waals surface area contributed by atoms with Gasteiger partial charge >= 0.3 is 6.18 Å². The minimum Gasteiger partial charge on any atom is -0.199 e. The Bertz CT molecular complexity index is 1140. The number of rotatable bonds is 3. The first kappa shape index (κ1) is 19.3. The van der Waals surface area contributed by atoms with Crippen molar-refractivity contribution in [1.29, 1.82) is 0 Å². The third-order valence-electron chi connectivity index (χ3n) is 5.10. The van der Waals surface area contributed by atoms with Crippen LogP contribution in [-0.2, 0) is 18.8 Å². The standard InChI is InChI=1S/C25H26F4N/c1-16-6-7-17(15-25(27,28)29)14-21(16)23-22(26)20(12-13-30(23)5)18-8-10-19(11-9-18)24(2,3)4/h6-14H,15H2,1-5H3/q+1/i15D2. The zero-order valence-corrected chi connectivity index (χ0v) is 17.7. The molecule has 0 bridgehead atoms. The summed E-state index contributed by atoms with van der Waals surface area (Å²) in [6.45, 7) is 7.90. The Morgan fingerprint density at radius 1 is 0.933 bits per heavy atom. The van der Waals surface area contributed by atoms with E-state index in [0.29, 0.717) is 16.7 Å². The van der Waals surface area contributed by atoms with Gasteiger partial charge in [-0.15, -0.1) is 0 Å². The topological polar surface area (TPSA) is 3.88 Å². The molecule has 158 valence electrons. The van der Waals surface area contributed by atoms with Crippen molar-refractivity contribution in [3.05, 3.63) is 77.2 Å². The van der Waals surface area contributed by atoms with Crippen molar-refractivity contribution in [3.63, 3.8) is 0 Å². The van der Waals surface area contributed by atoms with Crippen LogP contribution in [0.25, 0.3) is 22.4 Å². The Morgan fingerprint density at radius 2 is 1.57 bits per heavy atom. The number of alkyl halides is 3. The largest absolute Gasteiger partial charge is 0.393 e. The zero-order chi connectivity index (χ0) is 24.1. The highest BCUT2D eigenvalue weighted by molar-refractivity contribution is 5.72. The molecule has 3 rings (SSSR count). The molecule has 0 atom stereocenters. The van der Waals surface area contributed by atoms with E-state index in [2.05, 4.69) is 20.8 Å². The second kappa shape index (κ2) is 7.86. The zero-order valence-electron chi connectivity index (χ0n) is 19.7. The monoisotopic (exact) mass is 418 g/mol. The smallest absolute Gasteiger partial charge is 0.199 e. The van der Waals surface area contributed by atoms with Crippen LogP contribution in [0.5, 0.6) is 0 Å². The number of hydrogen-bond acceptors (Lipinski definition) is 0. The molecule has 0 unspecified atom stereocenters. The third kappa shape index (κ3) is 4.72. The van der Waals surface area contributed by atoms with E-state index < -0.39 is 23.9 Å². The number of nitrogens with zero attached hydrogens (tertiary/aromatic N) is 1. The van der Waals surface area contributed by atoms with Crippen LogP contribution in [0.15, 0.2) is 54.7 Å². The van der Waals surface area contributed by atoms with Gasteiger partial charge in [0.15, 0.2) is 6.20 Å².